The number of thiophene rings is 1. The molecule has 0 saturated heterocycles. The lowest BCUT2D eigenvalue weighted by atomic mass is 10.0. The highest BCUT2D eigenvalue weighted by molar-refractivity contribution is 7.22. The van der Waals surface area contributed by atoms with Crippen LogP contribution in [0.4, 0.5) is 5.13 Å². The van der Waals surface area contributed by atoms with Crippen molar-refractivity contribution in [1.29, 1.82) is 0 Å². The number of hydrogen-bond donors (Lipinski definition) is 2. The minimum atomic E-state index is -0.640. The van der Waals surface area contributed by atoms with Crippen molar-refractivity contribution < 1.29 is 9.59 Å². The summed E-state index contributed by atoms with van der Waals surface area (Å²) in [6.45, 7) is 3.82. The van der Waals surface area contributed by atoms with E-state index in [0.29, 0.717) is 10.0 Å². The molecule has 4 aromatic rings. The lowest BCUT2D eigenvalue weighted by molar-refractivity contribution is -0.118. The normalized spacial score (nSPS) is 12.4. The van der Waals surface area contributed by atoms with Crippen LogP contribution in [0.3, 0.4) is 0 Å². The molecule has 2 N–H and O–H groups in total. The molecule has 4 rings (SSSR count). The summed E-state index contributed by atoms with van der Waals surface area (Å²) in [7, 11) is 0. The lowest BCUT2D eigenvalue weighted by Gasteiger charge is -2.20. The van der Waals surface area contributed by atoms with Gasteiger partial charge in [-0.1, -0.05) is 61.6 Å². The van der Waals surface area contributed by atoms with Crippen LogP contribution in [0.1, 0.15) is 23.5 Å². The van der Waals surface area contributed by atoms with Gasteiger partial charge in [-0.15, -0.1) is 11.3 Å². The fraction of sp³-hybridized carbons (Fsp3) is 0.190. The number of anilines is 1. The van der Waals surface area contributed by atoms with Gasteiger partial charge in [-0.3, -0.25) is 9.59 Å². The van der Waals surface area contributed by atoms with E-state index in [2.05, 4.69) is 21.7 Å². The first-order valence-corrected chi connectivity index (χ1v) is 10.7. The summed E-state index contributed by atoms with van der Waals surface area (Å²) >= 11 is 2.78. The molecule has 2 aromatic heterocycles. The molecule has 7 heteroatoms. The molecule has 142 valence electrons. The minimum absolute atomic E-state index is 0.0564. The second kappa shape index (κ2) is 7.69. The first kappa shape index (κ1) is 18.6. The Morgan fingerprint density at radius 3 is 2.61 bits per heavy atom. The van der Waals surface area contributed by atoms with Crippen molar-refractivity contribution in [2.75, 3.05) is 5.32 Å². The lowest BCUT2D eigenvalue weighted by Crippen LogP contribution is -2.46. The molecule has 5 nitrogen and oxygen atoms in total. The van der Waals surface area contributed by atoms with E-state index in [1.165, 1.54) is 22.7 Å². The molecule has 0 aliphatic carbocycles. The van der Waals surface area contributed by atoms with Crippen molar-refractivity contribution in [1.82, 2.24) is 10.3 Å². The molecule has 0 bridgehead atoms. The molecular formula is C21H19N3O2S2. The summed E-state index contributed by atoms with van der Waals surface area (Å²) in [6.07, 6.45) is 0. The van der Waals surface area contributed by atoms with Crippen LogP contribution in [0.15, 0.2) is 53.9 Å². The van der Waals surface area contributed by atoms with Crippen molar-refractivity contribution in [2.24, 2.45) is 5.92 Å². The monoisotopic (exact) mass is 409 g/mol. The number of nitrogens with zero attached hydrogens (tertiary/aromatic N) is 1. The van der Waals surface area contributed by atoms with Gasteiger partial charge in [0.15, 0.2) is 5.13 Å². The number of amides is 2. The van der Waals surface area contributed by atoms with Gasteiger partial charge in [-0.05, 0) is 28.8 Å². The van der Waals surface area contributed by atoms with E-state index in [4.69, 9.17) is 0 Å². The summed E-state index contributed by atoms with van der Waals surface area (Å²) < 4.78 is 1.01. The van der Waals surface area contributed by atoms with Crippen molar-refractivity contribution in [3.05, 3.63) is 58.8 Å². The van der Waals surface area contributed by atoms with E-state index < -0.39 is 6.04 Å². The Morgan fingerprint density at radius 2 is 1.86 bits per heavy atom. The quantitative estimate of drug-likeness (QED) is 0.492. The molecule has 2 heterocycles. The zero-order chi connectivity index (χ0) is 19.7. The third-order valence-corrected chi connectivity index (χ3v) is 6.30. The van der Waals surface area contributed by atoms with Crippen LogP contribution >= 0.6 is 22.7 Å². The maximum absolute atomic E-state index is 12.8. The van der Waals surface area contributed by atoms with E-state index in [-0.39, 0.29) is 17.7 Å². The molecule has 2 amide bonds. The van der Waals surface area contributed by atoms with Gasteiger partial charge in [-0.25, -0.2) is 4.98 Å². The fourth-order valence-corrected chi connectivity index (χ4v) is 4.57. The number of carbonyl (C=O) groups is 2. The smallest absolute Gasteiger partial charge is 0.262 e. The predicted molar refractivity (Wildman–Crippen MR) is 116 cm³/mol. The number of nitrogens with one attached hydrogen (secondary N) is 2. The number of hydrogen-bond acceptors (Lipinski definition) is 5. The van der Waals surface area contributed by atoms with E-state index >= 15 is 0 Å². The van der Waals surface area contributed by atoms with Crippen LogP contribution in [0.2, 0.25) is 0 Å². The van der Waals surface area contributed by atoms with Gasteiger partial charge in [-0.2, -0.15) is 0 Å². The summed E-state index contributed by atoms with van der Waals surface area (Å²) in [5.74, 6) is -0.554. The third kappa shape index (κ3) is 3.63. The average molecular weight is 410 g/mol. The topological polar surface area (TPSA) is 71.1 Å². The maximum atomic E-state index is 12.8. The number of fused-ring (bicyclic) bond motifs is 3. The van der Waals surface area contributed by atoms with Gasteiger partial charge in [0.1, 0.15) is 6.04 Å². The van der Waals surface area contributed by atoms with Gasteiger partial charge in [0.2, 0.25) is 5.91 Å². The highest BCUT2D eigenvalue weighted by Gasteiger charge is 2.26. The number of rotatable bonds is 5. The van der Waals surface area contributed by atoms with Crippen molar-refractivity contribution >= 4 is 60.6 Å². The van der Waals surface area contributed by atoms with Crippen molar-refractivity contribution in [3.63, 3.8) is 0 Å². The van der Waals surface area contributed by atoms with Crippen LogP contribution in [0.25, 0.3) is 21.0 Å². The standard InChI is InChI=1S/C21H19N3O2S2/c1-12(2)17(22-19(25)16-8-5-11-27-16)20(26)24-21-23-18-14-7-4-3-6-13(14)9-10-15(18)28-21/h3-12,17H,1-2H3,(H,22,25)(H,23,24,26). The summed E-state index contributed by atoms with van der Waals surface area (Å²) in [4.78, 5) is 30.4. The molecule has 0 spiro atoms. The molecule has 2 aromatic carbocycles. The van der Waals surface area contributed by atoms with Crippen molar-refractivity contribution in [2.45, 2.75) is 19.9 Å². The van der Waals surface area contributed by atoms with E-state index in [1.54, 1.807) is 6.07 Å². The SMILES string of the molecule is CC(C)C(NC(=O)c1cccs1)C(=O)Nc1nc2c(ccc3ccccc32)s1. The van der Waals surface area contributed by atoms with Crippen LogP contribution in [-0.2, 0) is 4.79 Å². The predicted octanol–water partition coefficient (Wildman–Crippen LogP) is 4.90. The zero-order valence-corrected chi connectivity index (χ0v) is 17.1. The number of carbonyl (C=O) groups excluding carboxylic acids is 2. The Bertz CT molecular complexity index is 1150. The van der Waals surface area contributed by atoms with E-state index in [9.17, 15) is 9.59 Å². The summed E-state index contributed by atoms with van der Waals surface area (Å²) in [5.41, 5.74) is 0.877. The first-order valence-electron chi connectivity index (χ1n) is 8.96. The Labute approximate surface area is 170 Å². The van der Waals surface area contributed by atoms with E-state index in [1.807, 2.05) is 55.6 Å². The number of aromatic nitrogens is 1. The average Bonchev–Trinajstić information content (AvgIpc) is 3.35. The van der Waals surface area contributed by atoms with Gasteiger partial charge < -0.3 is 10.6 Å². The molecule has 0 saturated carbocycles. The molecule has 1 unspecified atom stereocenters. The Balaban J connectivity index is 1.57. The van der Waals surface area contributed by atoms with Crippen LogP contribution in [0.5, 0.6) is 0 Å². The molecule has 0 fully saturated rings. The fourth-order valence-electron chi connectivity index (χ4n) is 3.05. The second-order valence-corrected chi connectivity index (χ2v) is 8.79. The molecular weight excluding hydrogens is 390 g/mol. The highest BCUT2D eigenvalue weighted by Crippen LogP contribution is 2.31. The summed E-state index contributed by atoms with van der Waals surface area (Å²) in [5, 5.41) is 10.3. The molecule has 0 aliphatic heterocycles. The number of benzene rings is 2. The molecule has 1 atom stereocenters. The Morgan fingerprint density at radius 1 is 1.04 bits per heavy atom. The van der Waals surface area contributed by atoms with Crippen LogP contribution < -0.4 is 10.6 Å². The Hall–Kier alpha value is -2.77. The summed E-state index contributed by atoms with van der Waals surface area (Å²) in [6, 6.07) is 15.0. The van der Waals surface area contributed by atoms with E-state index in [0.717, 1.165) is 21.0 Å². The largest absolute Gasteiger partial charge is 0.339 e. The second-order valence-electron chi connectivity index (χ2n) is 6.81. The maximum Gasteiger partial charge on any atom is 0.262 e. The number of thiazole rings is 1. The van der Waals surface area contributed by atoms with Crippen LogP contribution in [0, 0.1) is 5.92 Å². The van der Waals surface area contributed by atoms with Gasteiger partial charge in [0, 0.05) is 5.39 Å². The van der Waals surface area contributed by atoms with Gasteiger partial charge in [0.25, 0.3) is 5.91 Å². The first-order chi connectivity index (χ1) is 13.5. The van der Waals surface area contributed by atoms with Crippen LogP contribution in [-0.4, -0.2) is 22.8 Å². The highest BCUT2D eigenvalue weighted by atomic mass is 32.1. The van der Waals surface area contributed by atoms with Crippen molar-refractivity contribution in [3.8, 4) is 0 Å². The zero-order valence-electron chi connectivity index (χ0n) is 15.4. The third-order valence-electron chi connectivity index (χ3n) is 4.49. The molecule has 28 heavy (non-hydrogen) atoms. The van der Waals surface area contributed by atoms with Gasteiger partial charge >= 0.3 is 0 Å². The molecule has 0 radical (unpaired) electrons. The van der Waals surface area contributed by atoms with Gasteiger partial charge in [0.05, 0.1) is 15.1 Å². The Kier molecular flexibility index (Phi) is 5.11. The molecule has 0 aliphatic rings. The minimum Gasteiger partial charge on any atom is -0.339 e.